The fourth-order valence-electron chi connectivity index (χ4n) is 2.02. The van der Waals surface area contributed by atoms with E-state index in [0.717, 1.165) is 43.9 Å². The lowest BCUT2D eigenvalue weighted by Crippen LogP contribution is -2.34. The van der Waals surface area contributed by atoms with E-state index in [2.05, 4.69) is 22.5 Å². The third-order valence-electron chi connectivity index (χ3n) is 2.99. The van der Waals surface area contributed by atoms with E-state index in [-0.39, 0.29) is 24.2 Å². The van der Waals surface area contributed by atoms with Gasteiger partial charge in [0, 0.05) is 17.0 Å². The molecular weight excluding hydrogens is 270 g/mol. The molecule has 6 heteroatoms. The van der Waals surface area contributed by atoms with Gasteiger partial charge in [-0.3, -0.25) is 4.79 Å². The molecule has 0 radical (unpaired) electrons. The molecule has 1 amide bonds. The van der Waals surface area contributed by atoms with Gasteiger partial charge in [-0.15, -0.1) is 23.7 Å². The van der Waals surface area contributed by atoms with Crippen LogP contribution in [0.15, 0.2) is 6.20 Å². The minimum absolute atomic E-state index is 0. The molecule has 1 aromatic heterocycles. The number of amides is 1. The molecule has 0 saturated carbocycles. The molecular formula is C12H20ClN3OS. The van der Waals surface area contributed by atoms with Crippen molar-refractivity contribution < 1.29 is 4.79 Å². The summed E-state index contributed by atoms with van der Waals surface area (Å²) in [6.45, 7) is 4.03. The van der Waals surface area contributed by atoms with E-state index >= 15 is 0 Å². The topological polar surface area (TPSA) is 54.0 Å². The highest BCUT2D eigenvalue weighted by Crippen LogP contribution is 2.21. The number of carbonyl (C=O) groups excluding carboxylic acids is 1. The summed E-state index contributed by atoms with van der Waals surface area (Å²) in [4.78, 5) is 17.4. The fraction of sp³-hybridized carbons (Fsp3) is 0.667. The minimum atomic E-state index is 0. The number of anilines is 1. The molecule has 2 rings (SSSR count). The standard InChI is InChI=1S/C12H19N3OS.ClH/c1-2-3-10-8-14-12(17-10)15-11(16)9-4-6-13-7-5-9;/h8-9,13H,2-7H2,1H3,(H,14,15,16);1H. The van der Waals surface area contributed by atoms with Gasteiger partial charge in [0.25, 0.3) is 0 Å². The number of rotatable bonds is 4. The molecule has 2 N–H and O–H groups in total. The van der Waals surface area contributed by atoms with Gasteiger partial charge in [-0.05, 0) is 32.4 Å². The van der Waals surface area contributed by atoms with Crippen LogP contribution in [-0.2, 0) is 11.2 Å². The molecule has 1 aliphatic heterocycles. The van der Waals surface area contributed by atoms with E-state index in [9.17, 15) is 4.79 Å². The van der Waals surface area contributed by atoms with E-state index < -0.39 is 0 Å². The van der Waals surface area contributed by atoms with Crippen molar-refractivity contribution in [1.29, 1.82) is 0 Å². The average Bonchev–Trinajstić information content (AvgIpc) is 2.78. The summed E-state index contributed by atoms with van der Waals surface area (Å²) in [5, 5.41) is 6.94. The van der Waals surface area contributed by atoms with E-state index in [1.54, 1.807) is 11.3 Å². The van der Waals surface area contributed by atoms with E-state index in [4.69, 9.17) is 0 Å². The van der Waals surface area contributed by atoms with Crippen LogP contribution >= 0.6 is 23.7 Å². The monoisotopic (exact) mass is 289 g/mol. The number of piperidine rings is 1. The quantitative estimate of drug-likeness (QED) is 0.895. The third kappa shape index (κ3) is 4.23. The first-order valence-electron chi connectivity index (χ1n) is 6.26. The van der Waals surface area contributed by atoms with Crippen LogP contribution in [0.3, 0.4) is 0 Å². The van der Waals surface area contributed by atoms with Crippen molar-refractivity contribution in [3.8, 4) is 0 Å². The van der Waals surface area contributed by atoms with Crippen molar-refractivity contribution in [3.05, 3.63) is 11.1 Å². The molecule has 4 nitrogen and oxygen atoms in total. The molecule has 0 aromatic carbocycles. The maximum atomic E-state index is 12.0. The van der Waals surface area contributed by atoms with Gasteiger partial charge in [-0.25, -0.2) is 4.98 Å². The SMILES string of the molecule is CCCc1cnc(NC(=O)C2CCNCC2)s1.Cl. The largest absolute Gasteiger partial charge is 0.317 e. The molecule has 1 fully saturated rings. The molecule has 0 atom stereocenters. The van der Waals surface area contributed by atoms with Gasteiger partial charge in [-0.1, -0.05) is 13.3 Å². The van der Waals surface area contributed by atoms with E-state index in [1.807, 2.05) is 6.20 Å². The summed E-state index contributed by atoms with van der Waals surface area (Å²) in [7, 11) is 0. The first kappa shape index (κ1) is 15.4. The van der Waals surface area contributed by atoms with Crippen molar-refractivity contribution in [1.82, 2.24) is 10.3 Å². The highest BCUT2D eigenvalue weighted by atomic mass is 35.5. The number of nitrogens with zero attached hydrogens (tertiary/aromatic N) is 1. The molecule has 0 unspecified atom stereocenters. The predicted octanol–water partition coefficient (Wildman–Crippen LogP) is 2.46. The third-order valence-corrected chi connectivity index (χ3v) is 3.96. The first-order chi connectivity index (χ1) is 8.29. The number of hydrogen-bond acceptors (Lipinski definition) is 4. The van der Waals surface area contributed by atoms with Crippen LogP contribution in [0.4, 0.5) is 5.13 Å². The minimum Gasteiger partial charge on any atom is -0.317 e. The molecule has 1 aromatic rings. The van der Waals surface area contributed by atoms with Crippen LogP contribution in [0.5, 0.6) is 0 Å². The zero-order valence-corrected chi connectivity index (χ0v) is 12.2. The molecule has 18 heavy (non-hydrogen) atoms. The maximum Gasteiger partial charge on any atom is 0.229 e. The zero-order valence-electron chi connectivity index (χ0n) is 10.6. The van der Waals surface area contributed by atoms with Gasteiger partial charge < -0.3 is 10.6 Å². The molecule has 2 heterocycles. The smallest absolute Gasteiger partial charge is 0.229 e. The normalized spacial score (nSPS) is 16.1. The highest BCUT2D eigenvalue weighted by Gasteiger charge is 2.21. The fourth-order valence-corrected chi connectivity index (χ4v) is 2.94. The summed E-state index contributed by atoms with van der Waals surface area (Å²) in [5.74, 6) is 0.277. The Morgan fingerprint density at radius 1 is 1.56 bits per heavy atom. The number of thiazole rings is 1. The van der Waals surface area contributed by atoms with Crippen LogP contribution in [0.25, 0.3) is 0 Å². The van der Waals surface area contributed by atoms with Crippen LogP contribution in [-0.4, -0.2) is 24.0 Å². The predicted molar refractivity (Wildman–Crippen MR) is 77.6 cm³/mol. The number of nitrogens with one attached hydrogen (secondary N) is 2. The summed E-state index contributed by atoms with van der Waals surface area (Å²) >= 11 is 1.59. The molecule has 1 aliphatic rings. The van der Waals surface area contributed by atoms with Gasteiger partial charge in [-0.2, -0.15) is 0 Å². The lowest BCUT2D eigenvalue weighted by atomic mass is 9.97. The van der Waals surface area contributed by atoms with Crippen LogP contribution in [0.1, 0.15) is 31.1 Å². The highest BCUT2D eigenvalue weighted by molar-refractivity contribution is 7.15. The Hall–Kier alpha value is -0.650. The number of carbonyl (C=O) groups is 1. The summed E-state index contributed by atoms with van der Waals surface area (Å²) < 4.78 is 0. The number of hydrogen-bond donors (Lipinski definition) is 2. The van der Waals surface area contributed by atoms with Crippen molar-refractivity contribution >= 4 is 34.8 Å². The van der Waals surface area contributed by atoms with Crippen molar-refractivity contribution in [3.63, 3.8) is 0 Å². The average molecular weight is 290 g/mol. The second-order valence-electron chi connectivity index (χ2n) is 4.40. The molecule has 102 valence electrons. The van der Waals surface area contributed by atoms with Gasteiger partial charge >= 0.3 is 0 Å². The van der Waals surface area contributed by atoms with Crippen molar-refractivity contribution in [2.45, 2.75) is 32.6 Å². The van der Waals surface area contributed by atoms with Gasteiger partial charge in [0.05, 0.1) is 0 Å². The Morgan fingerprint density at radius 3 is 2.94 bits per heavy atom. The second kappa shape index (κ2) is 7.71. The van der Waals surface area contributed by atoms with E-state index in [1.165, 1.54) is 4.88 Å². The summed E-state index contributed by atoms with van der Waals surface area (Å²) in [5.41, 5.74) is 0. The number of aromatic nitrogens is 1. The lowest BCUT2D eigenvalue weighted by Gasteiger charge is -2.20. The Morgan fingerprint density at radius 2 is 2.28 bits per heavy atom. The van der Waals surface area contributed by atoms with Crippen LogP contribution < -0.4 is 10.6 Å². The Kier molecular flexibility index (Phi) is 6.60. The summed E-state index contributed by atoms with van der Waals surface area (Å²) in [6, 6.07) is 0. The summed E-state index contributed by atoms with van der Waals surface area (Å²) in [6.07, 6.45) is 5.88. The van der Waals surface area contributed by atoms with Gasteiger partial charge in [0.1, 0.15) is 0 Å². The van der Waals surface area contributed by atoms with Gasteiger partial charge in [0.2, 0.25) is 5.91 Å². The van der Waals surface area contributed by atoms with Crippen molar-refractivity contribution in [2.75, 3.05) is 18.4 Å². The Bertz CT molecular complexity index is 377. The second-order valence-corrected chi connectivity index (χ2v) is 5.51. The van der Waals surface area contributed by atoms with Crippen LogP contribution in [0.2, 0.25) is 0 Å². The Balaban J connectivity index is 0.00000162. The zero-order chi connectivity index (χ0) is 12.1. The number of halogens is 1. The first-order valence-corrected chi connectivity index (χ1v) is 7.07. The van der Waals surface area contributed by atoms with Crippen molar-refractivity contribution in [2.24, 2.45) is 5.92 Å². The molecule has 0 spiro atoms. The maximum absolute atomic E-state index is 12.0. The molecule has 1 saturated heterocycles. The Labute approximate surface area is 118 Å². The number of aryl methyl sites for hydroxylation is 1. The lowest BCUT2D eigenvalue weighted by molar-refractivity contribution is -0.120. The molecule has 0 aliphatic carbocycles. The van der Waals surface area contributed by atoms with Crippen LogP contribution in [0, 0.1) is 5.92 Å². The van der Waals surface area contributed by atoms with Gasteiger partial charge in [0.15, 0.2) is 5.13 Å². The molecule has 0 bridgehead atoms. The van der Waals surface area contributed by atoms with E-state index in [0.29, 0.717) is 0 Å².